The molecule has 5 nitrogen and oxygen atoms in total. The molecule has 0 unspecified atom stereocenters. The quantitative estimate of drug-likeness (QED) is 0.627. The molecule has 0 saturated heterocycles. The third kappa shape index (κ3) is 3.76. The third-order valence-corrected chi connectivity index (χ3v) is 3.11. The molecular weight excluding hydrogens is 296 g/mol. The van der Waals surface area contributed by atoms with Gasteiger partial charge in [-0.05, 0) is 25.0 Å². The normalized spacial score (nSPS) is 10.6. The molecule has 0 radical (unpaired) electrons. The number of carbonyl (C=O) groups excluding carboxylic acids is 1. The van der Waals surface area contributed by atoms with E-state index in [0.717, 1.165) is 17.4 Å². The van der Waals surface area contributed by atoms with Crippen LogP contribution in [0.5, 0.6) is 5.75 Å². The molecule has 1 aromatic carbocycles. The molecule has 0 saturated carbocycles. The summed E-state index contributed by atoms with van der Waals surface area (Å²) in [5.41, 5.74) is 0.675. The third-order valence-electron chi connectivity index (χ3n) is 2.82. The first-order valence-corrected chi connectivity index (χ1v) is 6.91. The molecule has 0 bridgehead atoms. The highest BCUT2D eigenvalue weighted by atomic mass is 35.5. The summed E-state index contributed by atoms with van der Waals surface area (Å²) in [7, 11) is 0. The summed E-state index contributed by atoms with van der Waals surface area (Å²) in [6.45, 7) is 3.79. The van der Waals surface area contributed by atoms with Crippen LogP contribution in [0.3, 0.4) is 0 Å². The Morgan fingerprint density at radius 3 is 2.81 bits per heavy atom. The number of carbonyl (C=O) groups is 1. The summed E-state index contributed by atoms with van der Waals surface area (Å²) < 4.78 is 15.3. The van der Waals surface area contributed by atoms with Crippen LogP contribution in [-0.2, 0) is 9.53 Å². The Labute approximate surface area is 126 Å². The van der Waals surface area contributed by atoms with Crippen molar-refractivity contribution in [2.75, 3.05) is 13.2 Å². The monoisotopic (exact) mass is 310 g/mol. The van der Waals surface area contributed by atoms with Gasteiger partial charge in [-0.15, -0.1) is 0 Å². The Balaban J connectivity index is 2.22. The number of hydrogen-bond donors (Lipinski definition) is 0. The van der Waals surface area contributed by atoms with Gasteiger partial charge in [0.25, 0.3) is 0 Å². The lowest BCUT2D eigenvalue weighted by molar-refractivity contribution is -0.146. The zero-order valence-corrected chi connectivity index (χ0v) is 12.5. The van der Waals surface area contributed by atoms with E-state index in [9.17, 15) is 9.59 Å². The van der Waals surface area contributed by atoms with Crippen molar-refractivity contribution in [1.82, 2.24) is 0 Å². The fourth-order valence-electron chi connectivity index (χ4n) is 1.82. The highest BCUT2D eigenvalue weighted by Gasteiger charge is 2.11. The number of esters is 1. The van der Waals surface area contributed by atoms with Crippen LogP contribution in [0.25, 0.3) is 11.0 Å². The molecule has 21 heavy (non-hydrogen) atoms. The zero-order chi connectivity index (χ0) is 15.4. The highest BCUT2D eigenvalue weighted by molar-refractivity contribution is 6.32. The van der Waals surface area contributed by atoms with Crippen molar-refractivity contribution in [3.8, 4) is 5.75 Å². The van der Waals surface area contributed by atoms with Gasteiger partial charge in [0, 0.05) is 17.5 Å². The van der Waals surface area contributed by atoms with E-state index in [4.69, 9.17) is 25.5 Å². The molecule has 2 rings (SSSR count). The maximum Gasteiger partial charge on any atom is 0.344 e. The molecule has 0 atom stereocenters. The number of rotatable bonds is 5. The lowest BCUT2D eigenvalue weighted by atomic mass is 10.1. The SMILES string of the molecule is CCCOC(=O)COc1cc2oc(=O)cc(C)c2cc1Cl. The van der Waals surface area contributed by atoms with Crippen LogP contribution in [0.15, 0.2) is 27.4 Å². The van der Waals surface area contributed by atoms with E-state index in [2.05, 4.69) is 0 Å². The molecule has 0 fully saturated rings. The first-order chi connectivity index (χ1) is 10.0. The van der Waals surface area contributed by atoms with Crippen molar-refractivity contribution in [3.63, 3.8) is 0 Å². The van der Waals surface area contributed by atoms with Crippen LogP contribution in [0.1, 0.15) is 18.9 Å². The summed E-state index contributed by atoms with van der Waals surface area (Å²) in [4.78, 5) is 22.8. The van der Waals surface area contributed by atoms with Gasteiger partial charge in [0.1, 0.15) is 11.3 Å². The number of halogens is 1. The summed E-state index contributed by atoms with van der Waals surface area (Å²) in [6, 6.07) is 4.53. The van der Waals surface area contributed by atoms with Crippen molar-refractivity contribution >= 4 is 28.5 Å². The summed E-state index contributed by atoms with van der Waals surface area (Å²) in [5, 5.41) is 1.06. The predicted molar refractivity (Wildman–Crippen MR) is 79.0 cm³/mol. The number of aryl methyl sites for hydroxylation is 1. The van der Waals surface area contributed by atoms with E-state index >= 15 is 0 Å². The van der Waals surface area contributed by atoms with E-state index in [-0.39, 0.29) is 12.4 Å². The number of fused-ring (bicyclic) bond motifs is 1. The smallest absolute Gasteiger partial charge is 0.344 e. The van der Waals surface area contributed by atoms with Gasteiger partial charge >= 0.3 is 11.6 Å². The van der Waals surface area contributed by atoms with E-state index in [1.807, 2.05) is 6.92 Å². The molecule has 2 aromatic rings. The zero-order valence-electron chi connectivity index (χ0n) is 11.8. The van der Waals surface area contributed by atoms with Crippen molar-refractivity contribution < 1.29 is 18.7 Å². The van der Waals surface area contributed by atoms with E-state index in [0.29, 0.717) is 17.2 Å². The second kappa shape index (κ2) is 6.63. The van der Waals surface area contributed by atoms with Crippen LogP contribution >= 0.6 is 11.6 Å². The van der Waals surface area contributed by atoms with Gasteiger partial charge in [0.2, 0.25) is 0 Å². The lowest BCUT2D eigenvalue weighted by Gasteiger charge is -2.09. The minimum Gasteiger partial charge on any atom is -0.480 e. The number of hydrogen-bond acceptors (Lipinski definition) is 5. The average Bonchev–Trinajstić information content (AvgIpc) is 2.43. The summed E-state index contributed by atoms with van der Waals surface area (Å²) in [6.07, 6.45) is 0.743. The Kier molecular flexibility index (Phi) is 4.85. The second-order valence-corrected chi connectivity index (χ2v) is 4.94. The van der Waals surface area contributed by atoms with Crippen LogP contribution in [0, 0.1) is 6.92 Å². The van der Waals surface area contributed by atoms with Gasteiger partial charge in [0.05, 0.1) is 11.6 Å². The van der Waals surface area contributed by atoms with Crippen molar-refractivity contribution in [1.29, 1.82) is 0 Å². The minimum atomic E-state index is -0.473. The molecule has 0 aliphatic carbocycles. The van der Waals surface area contributed by atoms with Gasteiger partial charge in [-0.2, -0.15) is 0 Å². The fourth-order valence-corrected chi connectivity index (χ4v) is 2.04. The molecule has 112 valence electrons. The maximum atomic E-state index is 11.4. The molecule has 0 N–H and O–H groups in total. The predicted octanol–water partition coefficient (Wildman–Crippen LogP) is 3.09. The molecule has 0 amide bonds. The first-order valence-electron chi connectivity index (χ1n) is 6.53. The largest absolute Gasteiger partial charge is 0.480 e. The van der Waals surface area contributed by atoms with Crippen LogP contribution in [0.4, 0.5) is 0 Å². The lowest BCUT2D eigenvalue weighted by Crippen LogP contribution is -2.15. The van der Waals surface area contributed by atoms with Crippen molar-refractivity contribution in [2.45, 2.75) is 20.3 Å². The molecule has 0 spiro atoms. The van der Waals surface area contributed by atoms with Crippen molar-refractivity contribution in [2.24, 2.45) is 0 Å². The van der Waals surface area contributed by atoms with Gasteiger partial charge in [-0.1, -0.05) is 18.5 Å². The number of benzene rings is 1. The second-order valence-electron chi connectivity index (χ2n) is 4.54. The van der Waals surface area contributed by atoms with Crippen molar-refractivity contribution in [3.05, 3.63) is 39.2 Å². The molecule has 1 aromatic heterocycles. The summed E-state index contributed by atoms with van der Waals surface area (Å²) in [5.74, 6) is -0.204. The topological polar surface area (TPSA) is 65.7 Å². The average molecular weight is 311 g/mol. The van der Waals surface area contributed by atoms with E-state index in [1.54, 1.807) is 13.0 Å². The standard InChI is InChI=1S/C15H15ClO5/c1-3-4-19-15(18)8-20-13-7-12-10(6-11(13)16)9(2)5-14(17)21-12/h5-7H,3-4,8H2,1-2H3. The van der Waals surface area contributed by atoms with E-state index < -0.39 is 11.6 Å². The molecule has 0 aliphatic rings. The Morgan fingerprint density at radius 2 is 2.10 bits per heavy atom. The van der Waals surface area contributed by atoms with Gasteiger partial charge in [-0.3, -0.25) is 0 Å². The van der Waals surface area contributed by atoms with Gasteiger partial charge in [0.15, 0.2) is 6.61 Å². The van der Waals surface area contributed by atoms with Crippen LogP contribution in [0.2, 0.25) is 5.02 Å². The molecule has 1 heterocycles. The van der Waals surface area contributed by atoms with E-state index in [1.165, 1.54) is 12.1 Å². The fraction of sp³-hybridized carbons (Fsp3) is 0.333. The summed E-state index contributed by atoms with van der Waals surface area (Å²) >= 11 is 6.11. The van der Waals surface area contributed by atoms with Gasteiger partial charge in [-0.25, -0.2) is 9.59 Å². The highest BCUT2D eigenvalue weighted by Crippen LogP contribution is 2.30. The van der Waals surface area contributed by atoms with Crippen LogP contribution < -0.4 is 10.4 Å². The Bertz CT molecular complexity index is 720. The number of ether oxygens (including phenoxy) is 2. The molecular formula is C15H15ClO5. The first kappa shape index (κ1) is 15.4. The Hall–Kier alpha value is -2.01. The molecule has 0 aliphatic heterocycles. The Morgan fingerprint density at radius 1 is 1.33 bits per heavy atom. The van der Waals surface area contributed by atoms with Gasteiger partial charge < -0.3 is 13.9 Å². The molecule has 6 heteroatoms. The van der Waals surface area contributed by atoms with Crippen LogP contribution in [-0.4, -0.2) is 19.2 Å². The maximum absolute atomic E-state index is 11.4. The minimum absolute atomic E-state index is 0.249.